The number of fused-ring (bicyclic) bond motifs is 1. The van der Waals surface area contributed by atoms with E-state index in [2.05, 4.69) is 106 Å². The molecule has 0 radical (unpaired) electrons. The first-order valence-corrected chi connectivity index (χ1v) is 18.8. The van der Waals surface area contributed by atoms with Gasteiger partial charge in [-0.15, -0.1) is 34.0 Å². The van der Waals surface area contributed by atoms with E-state index < -0.39 is 0 Å². The van der Waals surface area contributed by atoms with E-state index in [-0.39, 0.29) is 0 Å². The molecule has 0 amide bonds. The van der Waals surface area contributed by atoms with Crippen LogP contribution >= 0.6 is 34.0 Å². The molecule has 0 saturated carbocycles. The number of thiophene rings is 3. The van der Waals surface area contributed by atoms with E-state index in [9.17, 15) is 0 Å². The molecule has 5 aromatic rings. The van der Waals surface area contributed by atoms with Crippen molar-refractivity contribution in [2.75, 3.05) is 25.1 Å². The standard InChI is InChI=1S/C36H39N3OS4/c1-5-8-9-24(7-3)23-40-28-16-12-26(13-17-28)30-19-21-32(42-30)36-34-33(37-44-38-34)35(43-36)31-20-18-29(41-31)25-10-14-27(15-11-25)39(4)22-6-2/h10-21,24H,5-9,22-23H2,1-4H3. The maximum atomic E-state index is 6.15. The van der Waals surface area contributed by atoms with Crippen molar-refractivity contribution in [1.82, 2.24) is 0 Å². The Labute approximate surface area is 277 Å². The van der Waals surface area contributed by atoms with Crippen LogP contribution in [0.1, 0.15) is 52.9 Å². The van der Waals surface area contributed by atoms with Gasteiger partial charge >= 0.3 is 0 Å². The van der Waals surface area contributed by atoms with Gasteiger partial charge in [0.15, 0.2) is 0 Å². The summed E-state index contributed by atoms with van der Waals surface area (Å²) in [5.74, 6) is 1.58. The van der Waals surface area contributed by atoms with Crippen molar-refractivity contribution in [3.63, 3.8) is 0 Å². The molecule has 0 N–H and O–H groups in total. The van der Waals surface area contributed by atoms with Crippen LogP contribution in [0.2, 0.25) is 0 Å². The molecule has 2 aromatic carbocycles. The average molecular weight is 658 g/mol. The number of anilines is 1. The van der Waals surface area contributed by atoms with Crippen LogP contribution in [0.3, 0.4) is 0 Å². The first-order chi connectivity index (χ1) is 21.6. The van der Waals surface area contributed by atoms with Crippen molar-refractivity contribution in [3.05, 3.63) is 72.8 Å². The maximum Gasteiger partial charge on any atom is 0.124 e. The largest absolute Gasteiger partial charge is 0.493 e. The van der Waals surface area contributed by atoms with E-state index in [0.29, 0.717) is 5.92 Å². The van der Waals surface area contributed by atoms with Gasteiger partial charge in [0, 0.05) is 38.8 Å². The molecule has 4 nitrogen and oxygen atoms in total. The second-order valence-electron chi connectivity index (χ2n) is 11.3. The minimum Gasteiger partial charge on any atom is -0.493 e. The number of hydrogen-bond acceptors (Lipinski definition) is 7. The molecule has 4 heterocycles. The first kappa shape index (κ1) is 31.0. The average Bonchev–Trinajstić information content (AvgIpc) is 3.87. The Kier molecular flexibility index (Phi) is 10.1. The summed E-state index contributed by atoms with van der Waals surface area (Å²) >= 11 is 6.76. The third-order valence-corrected chi connectivity index (χ3v) is 12.4. The van der Waals surface area contributed by atoms with Crippen molar-refractivity contribution in [2.24, 2.45) is 14.6 Å². The van der Waals surface area contributed by atoms with Gasteiger partial charge in [0.25, 0.3) is 0 Å². The van der Waals surface area contributed by atoms with Crippen LogP contribution < -0.4 is 9.64 Å². The number of hydrogen-bond donors (Lipinski definition) is 0. The van der Waals surface area contributed by atoms with Gasteiger partial charge in [0.2, 0.25) is 0 Å². The summed E-state index contributed by atoms with van der Waals surface area (Å²) in [5, 5.41) is 0. The fourth-order valence-electron chi connectivity index (χ4n) is 5.42. The van der Waals surface area contributed by atoms with Crippen LogP contribution in [-0.4, -0.2) is 20.2 Å². The minimum absolute atomic E-state index is 0.632. The van der Waals surface area contributed by atoms with Crippen molar-refractivity contribution in [3.8, 4) is 46.1 Å². The molecule has 0 bridgehead atoms. The van der Waals surface area contributed by atoms with Crippen molar-refractivity contribution in [1.29, 1.82) is 0 Å². The Balaban J connectivity index is 1.18. The van der Waals surface area contributed by atoms with Crippen molar-refractivity contribution in [2.45, 2.75) is 52.9 Å². The highest BCUT2D eigenvalue weighted by atomic mass is 32.1. The Hall–Kier alpha value is -3.04. The molecule has 8 heteroatoms. The molecule has 228 valence electrons. The van der Waals surface area contributed by atoms with Crippen molar-refractivity contribution < 1.29 is 4.74 Å². The van der Waals surface area contributed by atoms with Gasteiger partial charge in [-0.1, -0.05) is 52.2 Å². The van der Waals surface area contributed by atoms with E-state index in [4.69, 9.17) is 13.5 Å². The Morgan fingerprint density at radius 2 is 1.25 bits per heavy atom. The van der Waals surface area contributed by atoms with Gasteiger partial charge in [-0.2, -0.15) is 8.73 Å². The molecule has 0 aliphatic carbocycles. The van der Waals surface area contributed by atoms with Crippen LogP contribution in [0, 0.1) is 5.92 Å². The van der Waals surface area contributed by atoms with E-state index in [1.165, 1.54) is 83.1 Å². The van der Waals surface area contributed by atoms with Gasteiger partial charge in [0.05, 0.1) is 27.7 Å². The first-order valence-electron chi connectivity index (χ1n) is 15.6. The zero-order chi connectivity index (χ0) is 30.5. The molecule has 0 spiro atoms. The molecular weight excluding hydrogens is 619 g/mol. The minimum atomic E-state index is 0.632. The molecule has 44 heavy (non-hydrogen) atoms. The maximum absolute atomic E-state index is 6.15. The number of nitrogens with zero attached hydrogens (tertiary/aromatic N) is 3. The molecule has 1 unspecified atom stereocenters. The monoisotopic (exact) mass is 657 g/mol. The van der Waals surface area contributed by atoms with Crippen LogP contribution in [-0.2, 0) is 11.4 Å². The summed E-state index contributed by atoms with van der Waals surface area (Å²) < 4.78 is 15.6. The molecule has 3 aromatic heterocycles. The van der Waals surface area contributed by atoms with E-state index >= 15 is 0 Å². The summed E-state index contributed by atoms with van der Waals surface area (Å²) in [5.41, 5.74) is 5.75. The number of benzene rings is 2. The quantitative estimate of drug-likeness (QED) is 0.117. The molecule has 1 atom stereocenters. The summed E-state index contributed by atoms with van der Waals surface area (Å²) in [4.78, 5) is 9.72. The zero-order valence-corrected chi connectivity index (χ0v) is 29.1. The fraction of sp³-hybridized carbons (Fsp3) is 0.333. The predicted molar refractivity (Wildman–Crippen MR) is 196 cm³/mol. The van der Waals surface area contributed by atoms with Gasteiger partial charge < -0.3 is 9.64 Å². The topological polar surface area (TPSA) is 37.2 Å². The van der Waals surface area contributed by atoms with E-state index in [0.717, 1.165) is 36.7 Å². The highest BCUT2D eigenvalue weighted by Gasteiger charge is 2.24. The third kappa shape index (κ3) is 6.79. The predicted octanol–water partition coefficient (Wildman–Crippen LogP) is 12.7. The highest BCUT2D eigenvalue weighted by Crippen LogP contribution is 2.56. The lowest BCUT2D eigenvalue weighted by atomic mass is 10.0. The lowest BCUT2D eigenvalue weighted by Crippen LogP contribution is -2.17. The molecule has 6 rings (SSSR count). The second kappa shape index (κ2) is 14.4. The smallest absolute Gasteiger partial charge is 0.124 e. The number of rotatable bonds is 14. The van der Waals surface area contributed by atoms with Crippen molar-refractivity contribution >= 4 is 62.4 Å². The van der Waals surface area contributed by atoms with Crippen LogP contribution in [0.25, 0.3) is 40.4 Å². The van der Waals surface area contributed by atoms with Gasteiger partial charge in [-0.3, -0.25) is 0 Å². The molecular formula is C36H39N3OS4. The second-order valence-corrected chi connectivity index (χ2v) is 15.0. The summed E-state index contributed by atoms with van der Waals surface area (Å²) in [6.07, 6.45) is 6.07. The molecule has 0 fully saturated rings. The fourth-order valence-corrected chi connectivity index (χ4v) is 9.52. The summed E-state index contributed by atoms with van der Waals surface area (Å²) in [6, 6.07) is 26.4. The normalized spacial score (nSPS) is 12.7. The van der Waals surface area contributed by atoms with Crippen LogP contribution in [0.5, 0.6) is 5.75 Å². The molecule has 1 aliphatic rings. The third-order valence-electron chi connectivity index (χ3n) is 8.10. The molecule has 0 saturated heterocycles. The van der Waals surface area contributed by atoms with Gasteiger partial charge in [-0.25, -0.2) is 0 Å². The lowest BCUT2D eigenvalue weighted by Gasteiger charge is -2.18. The lowest BCUT2D eigenvalue weighted by molar-refractivity contribution is 0.233. The summed E-state index contributed by atoms with van der Waals surface area (Å²) in [7, 11) is 2.16. The number of unbranched alkanes of at least 4 members (excludes halogenated alkanes) is 1. The highest BCUT2D eigenvalue weighted by molar-refractivity contribution is 7.58. The zero-order valence-electron chi connectivity index (χ0n) is 25.8. The Morgan fingerprint density at radius 1 is 0.682 bits per heavy atom. The van der Waals surface area contributed by atoms with Gasteiger partial charge in [0.1, 0.15) is 17.1 Å². The van der Waals surface area contributed by atoms with E-state index in [1.54, 1.807) is 0 Å². The Bertz CT molecular complexity index is 1760. The van der Waals surface area contributed by atoms with E-state index in [1.807, 2.05) is 34.0 Å². The SMILES string of the molecule is CCCCC(CC)COc1ccc(-c2ccc(-c3sc(-c4ccc(-c5ccc(N(C)CCC)cc5)s4)c4c3N=S=N4)s2)cc1. The summed E-state index contributed by atoms with van der Waals surface area (Å²) in [6.45, 7) is 8.59. The Morgan fingerprint density at radius 3 is 1.80 bits per heavy atom. The van der Waals surface area contributed by atoms with Crippen LogP contribution in [0.4, 0.5) is 17.1 Å². The molecule has 1 aliphatic heterocycles. The van der Waals surface area contributed by atoms with Crippen LogP contribution in [0.15, 0.2) is 81.5 Å². The van der Waals surface area contributed by atoms with Gasteiger partial charge in [-0.05, 0) is 90.6 Å². The number of ether oxygens (including phenoxy) is 1.